The van der Waals surface area contributed by atoms with Crippen LogP contribution in [-0.2, 0) is 23.9 Å². The van der Waals surface area contributed by atoms with Crippen LogP contribution < -0.4 is 0 Å². The Morgan fingerprint density at radius 3 is 1.81 bits per heavy atom. The van der Waals surface area contributed by atoms with Crippen LogP contribution in [0, 0.1) is 5.92 Å². The number of ketones is 2. The summed E-state index contributed by atoms with van der Waals surface area (Å²) in [7, 11) is 0. The molecule has 2 aliphatic rings. The zero-order valence-corrected chi connectivity index (χ0v) is 26.9. The minimum absolute atomic E-state index is 0.0167. The molecule has 244 valence electrons. The molecule has 0 unspecified atom stereocenters. The van der Waals surface area contributed by atoms with E-state index in [-0.39, 0.29) is 48.2 Å². The molecule has 0 aromatic carbocycles. The number of Topliss-reactive ketones (excluding diaryl/α,β-unsaturated/α-hetero) is 2. The van der Waals surface area contributed by atoms with E-state index in [1.807, 2.05) is 0 Å². The molecule has 7 nitrogen and oxygen atoms in total. The monoisotopic (exact) mass is 594 g/mol. The van der Waals surface area contributed by atoms with Crippen molar-refractivity contribution in [1.82, 2.24) is 0 Å². The third-order valence-electron chi connectivity index (χ3n) is 9.18. The third kappa shape index (κ3) is 16.0. The number of carbonyl (C=O) groups is 3. The van der Waals surface area contributed by atoms with Gasteiger partial charge in [0.2, 0.25) is 0 Å². The molecule has 7 heteroatoms. The number of aliphatic hydroxyl groups is 2. The lowest BCUT2D eigenvalue weighted by Gasteiger charge is -2.22. The van der Waals surface area contributed by atoms with Crippen LogP contribution in [0.1, 0.15) is 168 Å². The Morgan fingerprint density at radius 1 is 0.762 bits per heavy atom. The summed E-state index contributed by atoms with van der Waals surface area (Å²) in [6, 6.07) is 0. The fourth-order valence-electron chi connectivity index (χ4n) is 6.55. The lowest BCUT2D eigenvalue weighted by atomic mass is 9.96. The number of rotatable bonds is 26. The number of esters is 1. The normalized spacial score (nSPS) is 23.7. The summed E-state index contributed by atoms with van der Waals surface area (Å²) < 4.78 is 11.4. The predicted octanol–water partition coefficient (Wildman–Crippen LogP) is 7.56. The first-order chi connectivity index (χ1) is 20.3. The van der Waals surface area contributed by atoms with Gasteiger partial charge in [-0.3, -0.25) is 9.59 Å². The minimum atomic E-state index is -0.505. The topological polar surface area (TPSA) is 110 Å². The van der Waals surface area contributed by atoms with Crippen LogP contribution in [0.15, 0.2) is 0 Å². The Hall–Kier alpha value is -1.31. The van der Waals surface area contributed by atoms with E-state index < -0.39 is 12.2 Å². The summed E-state index contributed by atoms with van der Waals surface area (Å²) in [5.74, 6) is -0.261. The van der Waals surface area contributed by atoms with E-state index in [9.17, 15) is 24.6 Å². The lowest BCUT2D eigenvalue weighted by Crippen LogP contribution is -2.31. The number of hydrogen-bond acceptors (Lipinski definition) is 7. The number of cyclic esters (lactones) is 1. The molecule has 2 N–H and O–H groups in total. The number of ether oxygens (including phenoxy) is 2. The molecule has 6 atom stereocenters. The molecule has 42 heavy (non-hydrogen) atoms. The van der Waals surface area contributed by atoms with Crippen LogP contribution in [0.2, 0.25) is 0 Å². The molecule has 2 heterocycles. The van der Waals surface area contributed by atoms with Gasteiger partial charge in [0.15, 0.2) is 0 Å². The first-order valence-corrected chi connectivity index (χ1v) is 17.5. The summed E-state index contributed by atoms with van der Waals surface area (Å²) in [4.78, 5) is 35.3. The molecule has 0 bridgehead atoms. The Labute approximate surface area is 255 Å². The Kier molecular flexibility index (Phi) is 19.5. The van der Waals surface area contributed by atoms with Crippen LogP contribution >= 0.6 is 0 Å². The van der Waals surface area contributed by atoms with Gasteiger partial charge in [-0.2, -0.15) is 0 Å². The van der Waals surface area contributed by atoms with E-state index in [1.165, 1.54) is 64.7 Å². The van der Waals surface area contributed by atoms with Gasteiger partial charge in [0.05, 0.1) is 30.3 Å². The van der Waals surface area contributed by atoms with E-state index in [2.05, 4.69) is 6.92 Å². The van der Waals surface area contributed by atoms with Crippen LogP contribution in [0.3, 0.4) is 0 Å². The van der Waals surface area contributed by atoms with E-state index in [0.29, 0.717) is 25.7 Å². The molecule has 0 aliphatic carbocycles. The average Bonchev–Trinajstić information content (AvgIpc) is 3.58. The predicted molar refractivity (Wildman–Crippen MR) is 166 cm³/mol. The summed E-state index contributed by atoms with van der Waals surface area (Å²) in [6.07, 6.45) is 21.6. The lowest BCUT2D eigenvalue weighted by molar-refractivity contribution is -0.145. The van der Waals surface area contributed by atoms with Crippen molar-refractivity contribution in [2.75, 3.05) is 0 Å². The first kappa shape index (κ1) is 36.9. The molecular formula is C35H62O7. The zero-order chi connectivity index (χ0) is 30.6. The van der Waals surface area contributed by atoms with Crippen molar-refractivity contribution in [3.05, 3.63) is 0 Å². The van der Waals surface area contributed by atoms with Crippen molar-refractivity contribution in [1.29, 1.82) is 0 Å². The van der Waals surface area contributed by atoms with E-state index >= 15 is 0 Å². The van der Waals surface area contributed by atoms with E-state index in [4.69, 9.17) is 9.47 Å². The second-order valence-corrected chi connectivity index (χ2v) is 13.2. The zero-order valence-electron chi connectivity index (χ0n) is 26.9. The SMILES string of the molecule is CCCCCCCCCCCC[C@H](O)[C@@H]1CC[C@@H]([C@@H](O)CCCCCC(=O)CCCC[C@H]2C[C@@H](CC(C)=O)C(=O)O2)O1. The van der Waals surface area contributed by atoms with Crippen molar-refractivity contribution >= 4 is 17.5 Å². The summed E-state index contributed by atoms with van der Waals surface area (Å²) in [6.45, 7) is 3.75. The molecule has 0 radical (unpaired) electrons. The number of aliphatic hydroxyl groups excluding tert-OH is 2. The average molecular weight is 595 g/mol. The van der Waals surface area contributed by atoms with Crippen molar-refractivity contribution in [3.63, 3.8) is 0 Å². The van der Waals surface area contributed by atoms with Gasteiger partial charge in [-0.25, -0.2) is 0 Å². The maximum Gasteiger partial charge on any atom is 0.309 e. The van der Waals surface area contributed by atoms with Crippen LogP contribution in [0.25, 0.3) is 0 Å². The van der Waals surface area contributed by atoms with Gasteiger partial charge in [0.1, 0.15) is 17.7 Å². The Balaban J connectivity index is 1.41. The third-order valence-corrected chi connectivity index (χ3v) is 9.18. The van der Waals surface area contributed by atoms with Crippen LogP contribution in [0.4, 0.5) is 0 Å². The van der Waals surface area contributed by atoms with Gasteiger partial charge in [0, 0.05) is 19.3 Å². The van der Waals surface area contributed by atoms with Crippen molar-refractivity contribution in [3.8, 4) is 0 Å². The van der Waals surface area contributed by atoms with E-state index in [0.717, 1.165) is 64.2 Å². The molecule has 0 saturated carbocycles. The van der Waals surface area contributed by atoms with E-state index in [1.54, 1.807) is 0 Å². The van der Waals surface area contributed by atoms with Gasteiger partial charge < -0.3 is 24.5 Å². The molecule has 2 saturated heterocycles. The fraction of sp³-hybridized carbons (Fsp3) is 0.914. The van der Waals surface area contributed by atoms with Crippen LogP contribution in [0.5, 0.6) is 0 Å². The second-order valence-electron chi connectivity index (χ2n) is 13.2. The minimum Gasteiger partial charge on any atom is -0.462 e. The fourth-order valence-corrected chi connectivity index (χ4v) is 6.55. The molecule has 0 aromatic rings. The summed E-state index contributed by atoms with van der Waals surface area (Å²) in [5, 5.41) is 21.2. The van der Waals surface area contributed by atoms with Crippen molar-refractivity contribution < 1.29 is 34.1 Å². The standard InChI is InChI=1S/C35H62O7/c1-3-4-5-6-7-8-9-10-11-14-21-31(38)33-23-24-34(42-33)32(39)22-15-12-13-18-29(37)19-16-17-20-30-26-28(25-27(2)36)35(40)41-30/h28,30-34,38-39H,3-26H2,1-2H3/t28-,30+,31+,32+,33+,34+/m1/s1. The van der Waals surface area contributed by atoms with Gasteiger partial charge in [-0.1, -0.05) is 84.0 Å². The smallest absolute Gasteiger partial charge is 0.309 e. The first-order valence-electron chi connectivity index (χ1n) is 17.5. The van der Waals surface area contributed by atoms with Gasteiger partial charge in [0.25, 0.3) is 0 Å². The molecule has 2 aliphatic heterocycles. The molecule has 0 amide bonds. The Bertz CT molecular complexity index is 754. The summed E-state index contributed by atoms with van der Waals surface area (Å²) >= 11 is 0. The van der Waals surface area contributed by atoms with Crippen molar-refractivity contribution in [2.45, 2.75) is 198 Å². The largest absolute Gasteiger partial charge is 0.462 e. The van der Waals surface area contributed by atoms with Gasteiger partial charge in [-0.15, -0.1) is 0 Å². The molecule has 0 aromatic heterocycles. The highest BCUT2D eigenvalue weighted by Crippen LogP contribution is 2.29. The van der Waals surface area contributed by atoms with Gasteiger partial charge >= 0.3 is 5.97 Å². The molecule has 2 rings (SSSR count). The second kappa shape index (κ2) is 22.2. The maximum absolute atomic E-state index is 12.2. The number of unbranched alkanes of at least 4 members (excludes halogenated alkanes) is 12. The number of hydrogen-bond donors (Lipinski definition) is 2. The van der Waals surface area contributed by atoms with Crippen LogP contribution in [-0.4, -0.2) is 58.3 Å². The van der Waals surface area contributed by atoms with Crippen molar-refractivity contribution in [2.24, 2.45) is 5.92 Å². The summed E-state index contributed by atoms with van der Waals surface area (Å²) in [5.41, 5.74) is 0. The van der Waals surface area contributed by atoms with Gasteiger partial charge in [-0.05, 0) is 64.7 Å². The maximum atomic E-state index is 12.2. The number of carbonyl (C=O) groups excluding carboxylic acids is 3. The highest BCUT2D eigenvalue weighted by atomic mass is 16.6. The Morgan fingerprint density at radius 2 is 1.26 bits per heavy atom. The molecule has 2 fully saturated rings. The molecular weight excluding hydrogens is 532 g/mol. The molecule has 0 spiro atoms. The highest BCUT2D eigenvalue weighted by Gasteiger charge is 2.35. The quantitative estimate of drug-likeness (QED) is 0.0785. The highest BCUT2D eigenvalue weighted by molar-refractivity contribution is 5.83.